The van der Waals surface area contributed by atoms with Gasteiger partial charge in [-0.3, -0.25) is 9.59 Å². The molecule has 1 unspecified atom stereocenters. The second-order valence-corrected chi connectivity index (χ2v) is 4.94. The molecule has 1 aliphatic heterocycles. The SMILES string of the molecule is Cc1ccc(N2CCNC(=O)C2CC(=O)O)cc1Cl. The van der Waals surface area contributed by atoms with Crippen molar-refractivity contribution in [3.63, 3.8) is 0 Å². The third-order valence-corrected chi connectivity index (χ3v) is 3.59. The number of nitrogens with zero attached hydrogens (tertiary/aromatic N) is 1. The number of amides is 1. The van der Waals surface area contributed by atoms with Crippen LogP contribution in [-0.2, 0) is 9.59 Å². The van der Waals surface area contributed by atoms with Crippen LogP contribution in [0.5, 0.6) is 0 Å². The maximum atomic E-state index is 11.8. The first-order valence-corrected chi connectivity index (χ1v) is 6.39. The Balaban J connectivity index is 2.30. The van der Waals surface area contributed by atoms with Gasteiger partial charge in [0.05, 0.1) is 6.42 Å². The molecule has 2 N–H and O–H groups in total. The molecule has 1 fully saturated rings. The quantitative estimate of drug-likeness (QED) is 0.880. The van der Waals surface area contributed by atoms with Crippen LogP contribution in [0.1, 0.15) is 12.0 Å². The molecule has 0 bridgehead atoms. The van der Waals surface area contributed by atoms with E-state index in [4.69, 9.17) is 16.7 Å². The van der Waals surface area contributed by atoms with E-state index in [1.807, 2.05) is 19.1 Å². The van der Waals surface area contributed by atoms with Crippen molar-refractivity contribution in [1.82, 2.24) is 5.32 Å². The molecule has 1 atom stereocenters. The van der Waals surface area contributed by atoms with Crippen LogP contribution in [0.2, 0.25) is 5.02 Å². The number of nitrogens with one attached hydrogen (secondary N) is 1. The molecule has 6 heteroatoms. The third kappa shape index (κ3) is 2.98. The van der Waals surface area contributed by atoms with Crippen LogP contribution in [0, 0.1) is 6.92 Å². The fourth-order valence-corrected chi connectivity index (χ4v) is 2.33. The van der Waals surface area contributed by atoms with Crippen molar-refractivity contribution in [3.05, 3.63) is 28.8 Å². The highest BCUT2D eigenvalue weighted by molar-refractivity contribution is 6.31. The summed E-state index contributed by atoms with van der Waals surface area (Å²) in [6.45, 7) is 2.97. The minimum atomic E-state index is -0.995. The zero-order valence-electron chi connectivity index (χ0n) is 10.5. The lowest BCUT2D eigenvalue weighted by Crippen LogP contribution is -2.56. The van der Waals surface area contributed by atoms with Gasteiger partial charge in [-0.25, -0.2) is 0 Å². The summed E-state index contributed by atoms with van der Waals surface area (Å²) >= 11 is 6.08. The van der Waals surface area contributed by atoms with E-state index in [0.29, 0.717) is 18.1 Å². The van der Waals surface area contributed by atoms with Crippen molar-refractivity contribution in [3.8, 4) is 0 Å². The molecule has 1 heterocycles. The summed E-state index contributed by atoms with van der Waals surface area (Å²) in [5.74, 6) is -1.25. The number of aryl methyl sites for hydroxylation is 1. The summed E-state index contributed by atoms with van der Waals surface area (Å²) in [7, 11) is 0. The highest BCUT2D eigenvalue weighted by Crippen LogP contribution is 2.26. The van der Waals surface area contributed by atoms with E-state index in [1.165, 1.54) is 0 Å². The van der Waals surface area contributed by atoms with Gasteiger partial charge in [0, 0.05) is 23.8 Å². The number of carbonyl (C=O) groups excluding carboxylic acids is 1. The number of piperazine rings is 1. The van der Waals surface area contributed by atoms with Crippen molar-refractivity contribution in [2.75, 3.05) is 18.0 Å². The van der Waals surface area contributed by atoms with E-state index in [2.05, 4.69) is 5.32 Å². The van der Waals surface area contributed by atoms with E-state index >= 15 is 0 Å². The molecule has 1 aromatic carbocycles. The minimum absolute atomic E-state index is 0.225. The Bertz CT molecular complexity index is 519. The van der Waals surface area contributed by atoms with Gasteiger partial charge in [0.15, 0.2) is 0 Å². The number of rotatable bonds is 3. The van der Waals surface area contributed by atoms with Gasteiger partial charge >= 0.3 is 5.97 Å². The van der Waals surface area contributed by atoms with Crippen molar-refractivity contribution < 1.29 is 14.7 Å². The molecular formula is C13H15ClN2O3. The number of hydrogen-bond acceptors (Lipinski definition) is 3. The Labute approximate surface area is 116 Å². The van der Waals surface area contributed by atoms with Gasteiger partial charge in [0.2, 0.25) is 5.91 Å². The van der Waals surface area contributed by atoms with Gasteiger partial charge in [0.25, 0.3) is 0 Å². The number of carboxylic acids is 1. The molecule has 1 saturated heterocycles. The number of carbonyl (C=O) groups is 2. The van der Waals surface area contributed by atoms with Crippen LogP contribution in [0.25, 0.3) is 0 Å². The fourth-order valence-electron chi connectivity index (χ4n) is 2.15. The van der Waals surface area contributed by atoms with E-state index in [9.17, 15) is 9.59 Å². The highest BCUT2D eigenvalue weighted by Gasteiger charge is 2.31. The molecule has 0 aliphatic carbocycles. The number of halogens is 1. The average molecular weight is 283 g/mol. The second-order valence-electron chi connectivity index (χ2n) is 4.53. The van der Waals surface area contributed by atoms with E-state index < -0.39 is 12.0 Å². The van der Waals surface area contributed by atoms with Crippen LogP contribution in [0.4, 0.5) is 5.69 Å². The van der Waals surface area contributed by atoms with Crippen LogP contribution in [-0.4, -0.2) is 36.1 Å². The Morgan fingerprint density at radius 1 is 1.58 bits per heavy atom. The number of aliphatic carboxylic acids is 1. The van der Waals surface area contributed by atoms with Crippen molar-refractivity contribution >= 4 is 29.2 Å². The zero-order chi connectivity index (χ0) is 14.0. The molecule has 2 rings (SSSR count). The number of anilines is 1. The number of benzene rings is 1. The number of hydrogen-bond donors (Lipinski definition) is 2. The van der Waals surface area contributed by atoms with E-state index in [1.54, 1.807) is 11.0 Å². The van der Waals surface area contributed by atoms with Gasteiger partial charge in [-0.1, -0.05) is 17.7 Å². The molecule has 0 saturated carbocycles. The van der Waals surface area contributed by atoms with Crippen molar-refractivity contribution in [1.29, 1.82) is 0 Å². The molecular weight excluding hydrogens is 268 g/mol. The monoisotopic (exact) mass is 282 g/mol. The van der Waals surface area contributed by atoms with Gasteiger partial charge in [-0.2, -0.15) is 0 Å². The maximum Gasteiger partial charge on any atom is 0.305 e. The summed E-state index contributed by atoms with van der Waals surface area (Å²) in [5, 5.41) is 12.2. The van der Waals surface area contributed by atoms with E-state index in [0.717, 1.165) is 11.3 Å². The molecule has 1 amide bonds. The molecule has 1 aliphatic rings. The zero-order valence-corrected chi connectivity index (χ0v) is 11.3. The molecule has 1 aromatic rings. The van der Waals surface area contributed by atoms with Gasteiger partial charge in [-0.05, 0) is 24.6 Å². The van der Waals surface area contributed by atoms with Crippen molar-refractivity contribution in [2.45, 2.75) is 19.4 Å². The second kappa shape index (κ2) is 5.48. The molecule has 5 nitrogen and oxygen atoms in total. The molecule has 102 valence electrons. The predicted octanol–water partition coefficient (Wildman–Crippen LogP) is 1.43. The van der Waals surface area contributed by atoms with Gasteiger partial charge in [-0.15, -0.1) is 0 Å². The van der Waals surface area contributed by atoms with Gasteiger partial charge < -0.3 is 15.3 Å². The largest absolute Gasteiger partial charge is 0.481 e. The molecule has 0 spiro atoms. The van der Waals surface area contributed by atoms with Crippen molar-refractivity contribution in [2.24, 2.45) is 0 Å². The highest BCUT2D eigenvalue weighted by atomic mass is 35.5. The molecule has 0 aromatic heterocycles. The lowest BCUT2D eigenvalue weighted by atomic mass is 10.1. The average Bonchev–Trinajstić information content (AvgIpc) is 2.35. The van der Waals surface area contributed by atoms with E-state index in [-0.39, 0.29) is 12.3 Å². The van der Waals surface area contributed by atoms with Crippen LogP contribution in [0.15, 0.2) is 18.2 Å². The topological polar surface area (TPSA) is 69.6 Å². The lowest BCUT2D eigenvalue weighted by molar-refractivity contribution is -0.139. The minimum Gasteiger partial charge on any atom is -0.481 e. The maximum absolute atomic E-state index is 11.8. The van der Waals surface area contributed by atoms with Gasteiger partial charge in [0.1, 0.15) is 6.04 Å². The Kier molecular flexibility index (Phi) is 3.95. The first kappa shape index (κ1) is 13.7. The standard InChI is InChI=1S/C13H15ClN2O3/c1-8-2-3-9(6-10(8)14)16-5-4-15-13(19)11(16)7-12(17)18/h2-3,6,11H,4-5,7H2,1H3,(H,15,19)(H,17,18). The number of carboxylic acid groups (broad SMARTS) is 1. The fraction of sp³-hybridized carbons (Fsp3) is 0.385. The summed E-state index contributed by atoms with van der Waals surface area (Å²) in [5.41, 5.74) is 1.72. The summed E-state index contributed by atoms with van der Waals surface area (Å²) < 4.78 is 0. The Morgan fingerprint density at radius 3 is 2.95 bits per heavy atom. The Hall–Kier alpha value is -1.75. The summed E-state index contributed by atoms with van der Waals surface area (Å²) in [4.78, 5) is 24.5. The third-order valence-electron chi connectivity index (χ3n) is 3.19. The summed E-state index contributed by atoms with van der Waals surface area (Å²) in [6.07, 6.45) is -0.225. The molecule has 19 heavy (non-hydrogen) atoms. The van der Waals surface area contributed by atoms with Crippen LogP contribution >= 0.6 is 11.6 Å². The first-order chi connectivity index (χ1) is 8.99. The Morgan fingerprint density at radius 2 is 2.32 bits per heavy atom. The van der Waals surface area contributed by atoms with Crippen LogP contribution < -0.4 is 10.2 Å². The van der Waals surface area contributed by atoms with Crippen LogP contribution in [0.3, 0.4) is 0 Å². The first-order valence-electron chi connectivity index (χ1n) is 6.01. The normalized spacial score (nSPS) is 19.2. The summed E-state index contributed by atoms with van der Waals surface area (Å²) in [6, 6.07) is 4.80. The molecule has 0 radical (unpaired) electrons. The smallest absolute Gasteiger partial charge is 0.305 e. The lowest BCUT2D eigenvalue weighted by Gasteiger charge is -2.36. The predicted molar refractivity (Wildman–Crippen MR) is 72.6 cm³/mol.